The third kappa shape index (κ3) is 21.1. The molecule has 7 atom stereocenters. The van der Waals surface area contributed by atoms with E-state index in [-0.39, 0.29) is 73.4 Å². The number of rotatable bonds is 16. The fourth-order valence-electron chi connectivity index (χ4n) is 6.72. The second-order valence-corrected chi connectivity index (χ2v) is 19.3. The lowest BCUT2D eigenvalue weighted by molar-refractivity contribution is -0.141. The van der Waals surface area contributed by atoms with Crippen molar-refractivity contribution in [1.29, 1.82) is 0 Å². The predicted molar refractivity (Wildman–Crippen MR) is 259 cm³/mol. The molecule has 1 aromatic rings. The van der Waals surface area contributed by atoms with Crippen LogP contribution in [0.3, 0.4) is 0 Å². The molecule has 0 saturated carbocycles. The molecule has 376 valence electrons. The Hall–Kier alpha value is -5.60. The largest absolute Gasteiger partial charge is 0.481 e. The number of aliphatic carboxylic acids is 1. The van der Waals surface area contributed by atoms with E-state index in [0.717, 1.165) is 39.9 Å². The van der Waals surface area contributed by atoms with Gasteiger partial charge in [0.15, 0.2) is 11.7 Å². The number of aliphatic imine (C=N–C) groups is 1. The molecular formula is C42H64N12O11S3. The highest BCUT2D eigenvalue weighted by Gasteiger charge is 2.35. The Morgan fingerprint density at radius 2 is 1.28 bits per heavy atom. The van der Waals surface area contributed by atoms with Crippen LogP contribution < -0.4 is 59.3 Å². The third-order valence-electron chi connectivity index (χ3n) is 10.3. The first-order valence-electron chi connectivity index (χ1n) is 22.3. The van der Waals surface area contributed by atoms with Crippen LogP contribution in [0, 0.1) is 0 Å². The van der Waals surface area contributed by atoms with Gasteiger partial charge >= 0.3 is 5.97 Å². The van der Waals surface area contributed by atoms with Crippen LogP contribution in [0.15, 0.2) is 35.3 Å². The third-order valence-corrected chi connectivity index (χ3v) is 13.8. The smallest absolute Gasteiger partial charge is 0.305 e. The van der Waals surface area contributed by atoms with Crippen molar-refractivity contribution in [3.05, 3.63) is 35.9 Å². The van der Waals surface area contributed by atoms with E-state index >= 15 is 0 Å². The number of hydrogen-bond acceptors (Lipinski definition) is 15. The molecular weight excluding hydrogens is 945 g/mol. The lowest BCUT2D eigenvalue weighted by Crippen LogP contribution is -2.59. The second kappa shape index (κ2) is 30.7. The van der Waals surface area contributed by atoms with Crippen molar-refractivity contribution in [3.63, 3.8) is 0 Å². The maximum atomic E-state index is 14.3. The summed E-state index contributed by atoms with van der Waals surface area (Å²) >= 11 is 1.03. The zero-order valence-corrected chi connectivity index (χ0v) is 40.5. The maximum Gasteiger partial charge on any atom is 0.305 e. The quantitative estimate of drug-likeness (QED) is 0.0344. The fraction of sp³-hybridized carbons (Fsp3) is 0.595. The van der Waals surface area contributed by atoms with Gasteiger partial charge in [-0.2, -0.15) is 0 Å². The molecule has 0 unspecified atom stereocenters. The van der Waals surface area contributed by atoms with Crippen molar-refractivity contribution in [1.82, 2.24) is 47.9 Å². The monoisotopic (exact) mass is 1010 g/mol. The van der Waals surface area contributed by atoms with Crippen molar-refractivity contribution in [2.24, 2.45) is 16.5 Å². The number of carboxylic acid groups (broad SMARTS) is 1. The Morgan fingerprint density at radius 3 is 1.90 bits per heavy atom. The average molecular weight is 1010 g/mol. The van der Waals surface area contributed by atoms with Crippen molar-refractivity contribution >= 4 is 98.3 Å². The summed E-state index contributed by atoms with van der Waals surface area (Å²) in [6, 6.07) is -0.817. The van der Waals surface area contributed by atoms with Crippen molar-refractivity contribution in [2.75, 3.05) is 49.2 Å². The van der Waals surface area contributed by atoms with Gasteiger partial charge in [0, 0.05) is 36.6 Å². The van der Waals surface area contributed by atoms with Crippen molar-refractivity contribution < 1.29 is 53.1 Å². The van der Waals surface area contributed by atoms with Gasteiger partial charge in [0.05, 0.1) is 24.8 Å². The van der Waals surface area contributed by atoms with Crippen LogP contribution in [-0.2, 0) is 54.4 Å². The Kier molecular flexibility index (Phi) is 25.6. The Morgan fingerprint density at radius 1 is 0.691 bits per heavy atom. The van der Waals surface area contributed by atoms with E-state index in [1.165, 1.54) is 0 Å². The number of carboxylic acids is 1. The highest BCUT2D eigenvalue weighted by atomic mass is 33.1. The number of nitrogens with zero attached hydrogens (tertiary/aromatic N) is 1. The zero-order chi connectivity index (χ0) is 50.0. The van der Waals surface area contributed by atoms with Crippen LogP contribution in [0.5, 0.6) is 0 Å². The van der Waals surface area contributed by atoms with E-state index in [0.29, 0.717) is 24.9 Å². The van der Waals surface area contributed by atoms with Crippen LogP contribution in [-0.4, -0.2) is 162 Å². The number of fused-ring (bicyclic) bond motifs is 5. The number of unbranched alkanes of at least 4 members (excludes halogenated alkanes) is 1. The molecule has 0 spiro atoms. The number of benzene rings is 1. The number of nitrogens with one attached hydrogen (secondary N) is 9. The second-order valence-electron chi connectivity index (χ2n) is 15.8. The lowest BCUT2D eigenvalue weighted by Gasteiger charge is -2.27. The number of amides is 8. The molecule has 0 aromatic heterocycles. The Labute approximate surface area is 406 Å². The normalized spacial score (nSPS) is 24.4. The van der Waals surface area contributed by atoms with Crippen LogP contribution in [0.2, 0.25) is 0 Å². The summed E-state index contributed by atoms with van der Waals surface area (Å²) in [6.07, 6.45) is 0.499. The van der Waals surface area contributed by atoms with E-state index in [1.807, 2.05) is 6.92 Å². The van der Waals surface area contributed by atoms with E-state index in [4.69, 9.17) is 11.5 Å². The van der Waals surface area contributed by atoms with E-state index in [9.17, 15) is 53.1 Å². The minimum absolute atomic E-state index is 0.0251. The summed E-state index contributed by atoms with van der Waals surface area (Å²) in [5.74, 6) is -9.40. The first-order chi connectivity index (χ1) is 32.5. The number of guanidine groups is 1. The van der Waals surface area contributed by atoms with Crippen LogP contribution in [0.25, 0.3) is 0 Å². The van der Waals surface area contributed by atoms with Gasteiger partial charge in [-0.25, -0.2) is 0 Å². The lowest BCUT2D eigenvalue weighted by atomic mass is 10.0. The number of thioether (sulfide) groups is 1. The number of Topliss-reactive ketones (excluding diaryl/α,β-unsaturated/α-hetero) is 1. The Balaban J connectivity index is 2.14. The van der Waals surface area contributed by atoms with Gasteiger partial charge in [-0.1, -0.05) is 65.8 Å². The molecule has 2 aliphatic heterocycles. The molecule has 2 aliphatic rings. The fourth-order valence-corrected chi connectivity index (χ4v) is 9.94. The van der Waals surface area contributed by atoms with E-state index in [1.54, 1.807) is 37.3 Å². The van der Waals surface area contributed by atoms with Gasteiger partial charge in [-0.05, 0) is 50.8 Å². The number of carbonyl (C=O) groups is 10. The SMILES string of the molecule is CCNCCCC[C@@H]1NC(=O)CSC[C@@H](C(=O)CC)NC(=O)[C@H](Cc2ccccc2)NC(=O)[C@@H]2CSSC[C@H](NC1=O)C(=O)N[C@@H](CCCN=C(N)N)C(=O)NCC(=O)N[C@@H](CC(=O)O)C(=O)N2. The first kappa shape index (κ1) is 56.7. The Bertz CT molecular complexity index is 1950. The van der Waals surface area contributed by atoms with Crippen LogP contribution in [0.1, 0.15) is 64.4 Å². The summed E-state index contributed by atoms with van der Waals surface area (Å²) in [6.45, 7) is 4.22. The molecule has 23 nitrogen and oxygen atoms in total. The zero-order valence-electron chi connectivity index (χ0n) is 38.1. The van der Waals surface area contributed by atoms with Gasteiger partial charge in [-0.15, -0.1) is 11.8 Å². The van der Waals surface area contributed by atoms with E-state index in [2.05, 4.69) is 52.8 Å². The molecule has 26 heteroatoms. The van der Waals surface area contributed by atoms with Gasteiger partial charge in [0.2, 0.25) is 47.3 Å². The summed E-state index contributed by atoms with van der Waals surface area (Å²) in [5, 5.41) is 33.5. The van der Waals surface area contributed by atoms with Gasteiger partial charge in [0.25, 0.3) is 0 Å². The molecule has 68 heavy (non-hydrogen) atoms. The average Bonchev–Trinajstić information content (AvgIpc) is 3.29. The van der Waals surface area contributed by atoms with Crippen LogP contribution >= 0.6 is 33.3 Å². The summed E-state index contributed by atoms with van der Waals surface area (Å²) in [4.78, 5) is 140. The number of carbonyl (C=O) groups excluding carboxylic acids is 9. The van der Waals surface area contributed by atoms with Gasteiger partial charge in [-0.3, -0.25) is 52.9 Å². The highest BCUT2D eigenvalue weighted by Crippen LogP contribution is 2.24. The van der Waals surface area contributed by atoms with Crippen molar-refractivity contribution in [3.8, 4) is 0 Å². The minimum atomic E-state index is -1.74. The molecule has 14 N–H and O–H groups in total. The molecule has 2 saturated heterocycles. The highest BCUT2D eigenvalue weighted by molar-refractivity contribution is 8.76. The number of ketones is 1. The van der Waals surface area contributed by atoms with Crippen LogP contribution in [0.4, 0.5) is 0 Å². The number of hydrogen-bond donors (Lipinski definition) is 12. The molecule has 2 bridgehead atoms. The minimum Gasteiger partial charge on any atom is -0.481 e. The van der Waals surface area contributed by atoms with Gasteiger partial charge in [0.1, 0.15) is 36.3 Å². The first-order valence-corrected chi connectivity index (χ1v) is 25.9. The molecule has 0 aliphatic carbocycles. The summed E-state index contributed by atoms with van der Waals surface area (Å²) in [7, 11) is 1.98. The van der Waals surface area contributed by atoms with Gasteiger partial charge < -0.3 is 64.4 Å². The molecule has 0 radical (unpaired) electrons. The predicted octanol–water partition coefficient (Wildman–Crippen LogP) is -2.83. The molecule has 8 amide bonds. The summed E-state index contributed by atoms with van der Waals surface area (Å²) in [5.41, 5.74) is 11.5. The molecule has 3 rings (SSSR count). The summed E-state index contributed by atoms with van der Waals surface area (Å²) < 4.78 is 0. The maximum absolute atomic E-state index is 14.3. The molecule has 2 heterocycles. The topological polar surface area (TPSA) is 364 Å². The van der Waals surface area contributed by atoms with E-state index < -0.39 is 108 Å². The molecule has 1 aromatic carbocycles. The standard InChI is InChI=1S/C42H64N12O11S3/c1-3-32(55)29-20-66-23-34(57)48-26(13-8-9-15-45-4-2)37(61)53-30-21-67-68-22-31(41(65)51-27(38(62)52-29)17-24-11-6-5-7-12-24)54-39(63)28(18-35(58)59)49-33(56)19-47-36(60)25(50-40(30)64)14-10-16-46-42(43)44/h5-7,11-12,25-31,45H,3-4,8-10,13-23H2,1-2H3,(H,47,60)(H,48,57)(H,49,56)(H,50,64)(H,51,65)(H,52,62)(H,53,61)(H,54,63)(H,58,59)(H4,43,44,46)/t25-,26-,27-,28-,29-,30-,31-/m0/s1. The number of nitrogens with two attached hydrogens (primary N) is 2. The van der Waals surface area contributed by atoms with Crippen molar-refractivity contribution in [2.45, 2.75) is 108 Å². The molecule has 2 fully saturated rings.